The standard InChI is InChI=1S/C15H25N3O/c1-11(16)15-7-6-14(10-17-15)18(8-9-19-3)12(2)13-4-5-13/h6-7,10-13H,4-5,8-9,16H2,1-3H3/t11-,12?/m1/s1. The molecule has 0 bridgehead atoms. The number of anilines is 1. The van der Waals surface area contributed by atoms with E-state index in [9.17, 15) is 0 Å². The third-order valence-corrected chi connectivity index (χ3v) is 3.90. The molecule has 2 atom stereocenters. The maximum Gasteiger partial charge on any atom is 0.0637 e. The van der Waals surface area contributed by atoms with Crippen LogP contribution in [0.25, 0.3) is 0 Å². The SMILES string of the molecule is COCCN(c1ccc([C@@H](C)N)nc1)C(C)C1CC1. The van der Waals surface area contributed by atoms with E-state index in [-0.39, 0.29) is 6.04 Å². The Hall–Kier alpha value is -1.13. The first-order valence-electron chi connectivity index (χ1n) is 7.10. The van der Waals surface area contributed by atoms with Crippen LogP contribution >= 0.6 is 0 Å². The minimum absolute atomic E-state index is 0.0117. The van der Waals surface area contributed by atoms with Crippen molar-refractivity contribution in [3.8, 4) is 0 Å². The van der Waals surface area contributed by atoms with Gasteiger partial charge in [-0.2, -0.15) is 0 Å². The molecule has 0 aliphatic heterocycles. The summed E-state index contributed by atoms with van der Waals surface area (Å²) in [5.74, 6) is 0.824. The van der Waals surface area contributed by atoms with Crippen LogP contribution in [0.1, 0.15) is 38.4 Å². The monoisotopic (exact) mass is 263 g/mol. The van der Waals surface area contributed by atoms with Crippen molar-refractivity contribution >= 4 is 5.69 Å². The number of hydrogen-bond acceptors (Lipinski definition) is 4. The summed E-state index contributed by atoms with van der Waals surface area (Å²) in [5.41, 5.74) is 7.95. The summed E-state index contributed by atoms with van der Waals surface area (Å²) in [6.07, 6.45) is 4.62. The Kier molecular flexibility index (Phi) is 4.77. The summed E-state index contributed by atoms with van der Waals surface area (Å²) < 4.78 is 5.22. The Morgan fingerprint density at radius 2 is 2.16 bits per heavy atom. The molecule has 0 amide bonds. The third-order valence-electron chi connectivity index (χ3n) is 3.90. The number of aromatic nitrogens is 1. The summed E-state index contributed by atoms with van der Waals surface area (Å²) in [6, 6.07) is 4.69. The molecule has 4 heteroatoms. The van der Waals surface area contributed by atoms with Crippen LogP contribution in [0.3, 0.4) is 0 Å². The van der Waals surface area contributed by atoms with Gasteiger partial charge in [-0.15, -0.1) is 0 Å². The van der Waals surface area contributed by atoms with Crippen molar-refractivity contribution in [2.45, 2.75) is 38.8 Å². The predicted octanol–water partition coefficient (Wildman–Crippen LogP) is 2.35. The summed E-state index contributed by atoms with van der Waals surface area (Å²) >= 11 is 0. The van der Waals surface area contributed by atoms with E-state index in [1.165, 1.54) is 18.5 Å². The minimum atomic E-state index is -0.0117. The van der Waals surface area contributed by atoms with Gasteiger partial charge in [0.05, 0.1) is 24.2 Å². The molecule has 2 N–H and O–H groups in total. The lowest BCUT2D eigenvalue weighted by Crippen LogP contribution is -2.37. The molecule has 4 nitrogen and oxygen atoms in total. The Bertz CT molecular complexity index is 387. The molecule has 106 valence electrons. The maximum absolute atomic E-state index is 5.84. The molecule has 0 saturated heterocycles. The van der Waals surface area contributed by atoms with Gasteiger partial charge in [-0.05, 0) is 44.7 Å². The highest BCUT2D eigenvalue weighted by Crippen LogP contribution is 2.36. The Morgan fingerprint density at radius 1 is 1.42 bits per heavy atom. The van der Waals surface area contributed by atoms with Gasteiger partial charge in [-0.25, -0.2) is 0 Å². The Labute approximate surface area is 116 Å². The first-order valence-corrected chi connectivity index (χ1v) is 7.10. The summed E-state index contributed by atoms with van der Waals surface area (Å²) in [4.78, 5) is 6.86. The van der Waals surface area contributed by atoms with Gasteiger partial charge in [-0.1, -0.05) is 0 Å². The van der Waals surface area contributed by atoms with Crippen molar-refractivity contribution in [1.29, 1.82) is 0 Å². The predicted molar refractivity (Wildman–Crippen MR) is 78.2 cm³/mol. The lowest BCUT2D eigenvalue weighted by molar-refractivity contribution is 0.202. The molecule has 0 aromatic carbocycles. The lowest BCUT2D eigenvalue weighted by Gasteiger charge is -2.31. The number of nitrogens with zero attached hydrogens (tertiary/aromatic N) is 2. The average Bonchev–Trinajstić information content (AvgIpc) is 3.23. The lowest BCUT2D eigenvalue weighted by atomic mass is 10.1. The van der Waals surface area contributed by atoms with Gasteiger partial charge in [0.2, 0.25) is 0 Å². The topological polar surface area (TPSA) is 51.4 Å². The van der Waals surface area contributed by atoms with Crippen molar-refractivity contribution in [1.82, 2.24) is 4.98 Å². The molecule has 0 radical (unpaired) electrons. The molecule has 1 saturated carbocycles. The van der Waals surface area contributed by atoms with Crippen molar-refractivity contribution < 1.29 is 4.74 Å². The van der Waals surface area contributed by atoms with Gasteiger partial charge in [0.1, 0.15) is 0 Å². The highest BCUT2D eigenvalue weighted by Gasteiger charge is 2.32. The second kappa shape index (κ2) is 6.35. The summed E-state index contributed by atoms with van der Waals surface area (Å²) in [6.45, 7) is 5.91. The summed E-state index contributed by atoms with van der Waals surface area (Å²) in [7, 11) is 1.75. The van der Waals surface area contributed by atoms with E-state index in [2.05, 4.69) is 22.9 Å². The minimum Gasteiger partial charge on any atom is -0.383 e. The van der Waals surface area contributed by atoms with Crippen molar-refractivity contribution in [2.24, 2.45) is 11.7 Å². The third kappa shape index (κ3) is 3.67. The smallest absolute Gasteiger partial charge is 0.0637 e. The highest BCUT2D eigenvalue weighted by molar-refractivity contribution is 5.46. The van der Waals surface area contributed by atoms with Crippen LogP contribution in [0.4, 0.5) is 5.69 Å². The zero-order valence-electron chi connectivity index (χ0n) is 12.2. The van der Waals surface area contributed by atoms with E-state index in [4.69, 9.17) is 10.5 Å². The quantitative estimate of drug-likeness (QED) is 0.820. The first kappa shape index (κ1) is 14.3. The van der Waals surface area contributed by atoms with Crippen LogP contribution < -0.4 is 10.6 Å². The van der Waals surface area contributed by atoms with Crippen LogP contribution in [0.2, 0.25) is 0 Å². The number of methoxy groups -OCH3 is 1. The van der Waals surface area contributed by atoms with Gasteiger partial charge < -0.3 is 15.4 Å². The molecule has 1 aliphatic rings. The largest absolute Gasteiger partial charge is 0.383 e. The second-order valence-corrected chi connectivity index (χ2v) is 5.49. The van der Waals surface area contributed by atoms with Gasteiger partial charge in [0.25, 0.3) is 0 Å². The second-order valence-electron chi connectivity index (χ2n) is 5.49. The molecule has 1 heterocycles. The number of ether oxygens (including phenoxy) is 1. The highest BCUT2D eigenvalue weighted by atomic mass is 16.5. The number of nitrogens with two attached hydrogens (primary N) is 1. The molecular weight excluding hydrogens is 238 g/mol. The Morgan fingerprint density at radius 3 is 2.63 bits per heavy atom. The van der Waals surface area contributed by atoms with Crippen molar-refractivity contribution in [2.75, 3.05) is 25.2 Å². The molecule has 1 aromatic rings. The molecule has 1 unspecified atom stereocenters. The molecular formula is C15H25N3O. The average molecular weight is 263 g/mol. The Balaban J connectivity index is 2.11. The fourth-order valence-electron chi connectivity index (χ4n) is 2.43. The number of pyridine rings is 1. The molecule has 2 rings (SSSR count). The van der Waals surface area contributed by atoms with Gasteiger partial charge in [0.15, 0.2) is 0 Å². The van der Waals surface area contributed by atoms with E-state index in [0.717, 1.165) is 24.8 Å². The molecule has 19 heavy (non-hydrogen) atoms. The molecule has 0 spiro atoms. The number of rotatable bonds is 7. The normalized spacial score (nSPS) is 18.1. The van der Waals surface area contributed by atoms with Crippen LogP contribution in [0.5, 0.6) is 0 Å². The van der Waals surface area contributed by atoms with Gasteiger partial charge in [-0.3, -0.25) is 4.98 Å². The van der Waals surface area contributed by atoms with Gasteiger partial charge in [0, 0.05) is 25.7 Å². The summed E-state index contributed by atoms with van der Waals surface area (Å²) in [5, 5.41) is 0. The van der Waals surface area contributed by atoms with Crippen molar-refractivity contribution in [3.05, 3.63) is 24.0 Å². The van der Waals surface area contributed by atoms with E-state index in [0.29, 0.717) is 6.04 Å². The van der Waals surface area contributed by atoms with E-state index in [1.54, 1.807) is 7.11 Å². The maximum atomic E-state index is 5.84. The van der Waals surface area contributed by atoms with Crippen LogP contribution in [0, 0.1) is 5.92 Å². The van der Waals surface area contributed by atoms with Crippen LogP contribution in [0.15, 0.2) is 18.3 Å². The molecule has 1 fully saturated rings. The van der Waals surface area contributed by atoms with E-state index < -0.39 is 0 Å². The fraction of sp³-hybridized carbons (Fsp3) is 0.667. The van der Waals surface area contributed by atoms with Crippen LogP contribution in [-0.2, 0) is 4.74 Å². The van der Waals surface area contributed by atoms with Gasteiger partial charge >= 0.3 is 0 Å². The fourth-order valence-corrected chi connectivity index (χ4v) is 2.43. The van der Waals surface area contributed by atoms with Crippen LogP contribution in [-0.4, -0.2) is 31.3 Å². The zero-order valence-corrected chi connectivity index (χ0v) is 12.2. The molecule has 1 aromatic heterocycles. The zero-order chi connectivity index (χ0) is 13.8. The first-order chi connectivity index (χ1) is 9.13. The molecule has 1 aliphatic carbocycles. The van der Waals surface area contributed by atoms with E-state index in [1.807, 2.05) is 19.2 Å². The van der Waals surface area contributed by atoms with Crippen molar-refractivity contribution in [3.63, 3.8) is 0 Å². The number of hydrogen-bond donors (Lipinski definition) is 1. The van der Waals surface area contributed by atoms with E-state index >= 15 is 0 Å².